The average Bonchev–Trinajstić information content (AvgIpc) is 3.36. The van der Waals surface area contributed by atoms with Gasteiger partial charge in [-0.05, 0) is 92.4 Å². The molecule has 214 valence electrons. The van der Waals surface area contributed by atoms with Gasteiger partial charge in [0.25, 0.3) is 0 Å². The highest BCUT2D eigenvalue weighted by molar-refractivity contribution is 8.01. The van der Waals surface area contributed by atoms with Crippen LogP contribution in [-0.4, -0.2) is 54.1 Å². The van der Waals surface area contributed by atoms with E-state index < -0.39 is 22.7 Å². The number of Topliss-reactive ketones (excluding diaryl/α,β-unsaturated/α-hetero) is 1. The van der Waals surface area contributed by atoms with Crippen molar-refractivity contribution >= 4 is 29.1 Å². The number of piperidine rings is 1. The van der Waals surface area contributed by atoms with Gasteiger partial charge < -0.3 is 32.2 Å². The maximum Gasteiger partial charge on any atom is 0.234 e. The van der Waals surface area contributed by atoms with E-state index in [-0.39, 0.29) is 17.7 Å². The topological polar surface area (TPSA) is 137 Å². The number of likely N-dealkylation sites (tertiary alicyclic amines) is 1. The molecule has 41 heavy (non-hydrogen) atoms. The third-order valence-electron chi connectivity index (χ3n) is 9.00. The van der Waals surface area contributed by atoms with Crippen LogP contribution < -0.4 is 27.3 Å². The Bertz CT molecular complexity index is 1530. The van der Waals surface area contributed by atoms with E-state index in [2.05, 4.69) is 17.3 Å². The Morgan fingerprint density at radius 2 is 1.80 bits per heavy atom. The van der Waals surface area contributed by atoms with Crippen LogP contribution in [0.25, 0.3) is 0 Å². The normalized spacial score (nSPS) is 27.4. The van der Waals surface area contributed by atoms with E-state index in [4.69, 9.17) is 21.9 Å². The number of hydrogen-bond acceptors (Lipinski definition) is 8. The first kappa shape index (κ1) is 27.8. The largest absolute Gasteiger partial charge is 0.457 e. The van der Waals surface area contributed by atoms with Crippen molar-refractivity contribution in [3.05, 3.63) is 82.4 Å². The fourth-order valence-corrected chi connectivity index (χ4v) is 8.17. The molecule has 7 N–H and O–H groups in total. The Labute approximate surface area is 245 Å². The number of nitrogens with zero attached hydrogens (tertiary/aromatic N) is 1. The lowest BCUT2D eigenvalue weighted by molar-refractivity contribution is -0.126. The van der Waals surface area contributed by atoms with Gasteiger partial charge in [0.15, 0.2) is 5.78 Å². The molecule has 3 aromatic rings. The third-order valence-corrected chi connectivity index (χ3v) is 10.4. The summed E-state index contributed by atoms with van der Waals surface area (Å²) >= 11 is 1.40. The highest BCUT2D eigenvalue weighted by Gasteiger charge is 2.57. The summed E-state index contributed by atoms with van der Waals surface area (Å²) in [5, 5.41) is 2.67. The van der Waals surface area contributed by atoms with E-state index in [0.29, 0.717) is 22.6 Å². The molecule has 1 amide bonds. The first-order chi connectivity index (χ1) is 19.6. The van der Waals surface area contributed by atoms with Crippen LogP contribution in [0.4, 0.5) is 5.69 Å². The Kier molecular flexibility index (Phi) is 7.10. The van der Waals surface area contributed by atoms with Crippen LogP contribution in [0.3, 0.4) is 0 Å². The molecule has 0 bridgehead atoms. The van der Waals surface area contributed by atoms with Gasteiger partial charge in [-0.15, -0.1) is 11.8 Å². The molecular weight excluding hydrogens is 534 g/mol. The number of ether oxygens (including phenoxy) is 1. The number of anilines is 1. The predicted octanol–water partition coefficient (Wildman–Crippen LogP) is 3.56. The summed E-state index contributed by atoms with van der Waals surface area (Å²) in [7, 11) is 2.06. The van der Waals surface area contributed by atoms with Crippen molar-refractivity contribution in [2.75, 3.05) is 25.9 Å². The molecule has 0 saturated carbocycles. The van der Waals surface area contributed by atoms with Crippen molar-refractivity contribution in [2.24, 2.45) is 11.5 Å². The fourth-order valence-electron chi connectivity index (χ4n) is 6.71. The molecule has 1 aliphatic carbocycles. The molecule has 1 saturated heterocycles. The Morgan fingerprint density at radius 1 is 1.07 bits per heavy atom. The van der Waals surface area contributed by atoms with Crippen molar-refractivity contribution in [1.29, 1.82) is 0 Å². The molecule has 6 rings (SSSR count). The van der Waals surface area contributed by atoms with Crippen LogP contribution in [0.15, 0.2) is 59.5 Å². The highest BCUT2D eigenvalue weighted by Crippen LogP contribution is 2.56. The molecule has 0 spiro atoms. The van der Waals surface area contributed by atoms with Gasteiger partial charge >= 0.3 is 0 Å². The van der Waals surface area contributed by atoms with Crippen LogP contribution >= 0.6 is 11.8 Å². The minimum Gasteiger partial charge on any atom is -0.457 e. The molecule has 0 radical (unpaired) electrons. The van der Waals surface area contributed by atoms with Crippen LogP contribution in [0, 0.1) is 13.8 Å². The molecule has 2 heterocycles. The van der Waals surface area contributed by atoms with Gasteiger partial charge in [-0.2, -0.15) is 0 Å². The van der Waals surface area contributed by atoms with Crippen molar-refractivity contribution in [3.63, 3.8) is 0 Å². The first-order valence-corrected chi connectivity index (χ1v) is 15.0. The smallest absolute Gasteiger partial charge is 0.234 e. The molecule has 5 unspecified atom stereocenters. The van der Waals surface area contributed by atoms with Crippen LogP contribution in [0.2, 0.25) is 0 Å². The lowest BCUT2D eigenvalue weighted by atomic mass is 9.64. The van der Waals surface area contributed by atoms with E-state index in [1.54, 1.807) is 6.07 Å². The minimum atomic E-state index is -1.49. The molecule has 3 aromatic carbocycles. The number of carbonyl (C=O) groups excluding carboxylic acids is 2. The third kappa shape index (κ3) is 4.52. The summed E-state index contributed by atoms with van der Waals surface area (Å²) in [6, 6.07) is 16.0. The van der Waals surface area contributed by atoms with Crippen LogP contribution in [0.1, 0.15) is 46.6 Å². The molecule has 3 aliphatic rings. The highest BCUT2D eigenvalue weighted by atomic mass is 32.2. The summed E-state index contributed by atoms with van der Waals surface area (Å²) in [5.41, 5.74) is 23.3. The molecule has 1 fully saturated rings. The molecule has 5 atom stereocenters. The first-order valence-electron chi connectivity index (χ1n) is 14.1. The predicted molar refractivity (Wildman–Crippen MR) is 162 cm³/mol. The number of amides is 1. The van der Waals surface area contributed by atoms with E-state index in [1.165, 1.54) is 11.8 Å². The number of likely N-dealkylation sites (N-methyl/N-ethyl adjacent to an activating group) is 1. The van der Waals surface area contributed by atoms with Crippen molar-refractivity contribution < 1.29 is 14.3 Å². The van der Waals surface area contributed by atoms with Gasteiger partial charge in [-0.1, -0.05) is 30.3 Å². The number of nitrogens with two attached hydrogens (primary N) is 3. The fraction of sp³-hybridized carbons (Fsp3) is 0.375. The molecule has 2 aliphatic heterocycles. The van der Waals surface area contributed by atoms with Gasteiger partial charge in [-0.3, -0.25) is 9.59 Å². The minimum absolute atomic E-state index is 0.0636. The second-order valence-electron chi connectivity index (χ2n) is 11.6. The number of hydrogen-bond donors (Lipinski definition) is 4. The Hall–Kier alpha value is -3.37. The second kappa shape index (κ2) is 10.5. The summed E-state index contributed by atoms with van der Waals surface area (Å²) in [4.78, 5) is 31.0. The number of nitrogens with one attached hydrogen (secondary N) is 1. The number of rotatable bonds is 5. The lowest BCUT2D eigenvalue weighted by Crippen LogP contribution is -2.61. The molecule has 9 heteroatoms. The quantitative estimate of drug-likeness (QED) is 0.341. The number of thioether (sulfide) groups is 1. The zero-order chi connectivity index (χ0) is 29.1. The van der Waals surface area contributed by atoms with Gasteiger partial charge in [0.05, 0.1) is 11.3 Å². The SMILES string of the molecule is Cc1c(Oc2ccccc2)ccc(C2(N)C(=O)C(N)C3c4c2ccc(N)c4SC3C(=O)NC2CCCN(C)C2)c1C. The van der Waals surface area contributed by atoms with Gasteiger partial charge in [0, 0.05) is 29.1 Å². The number of nitrogen functional groups attached to an aromatic ring is 1. The average molecular weight is 572 g/mol. The Morgan fingerprint density at radius 3 is 2.54 bits per heavy atom. The number of carbonyl (C=O) groups is 2. The van der Waals surface area contributed by atoms with Gasteiger partial charge in [0.2, 0.25) is 5.91 Å². The molecule has 0 aromatic heterocycles. The second-order valence-corrected chi connectivity index (χ2v) is 12.7. The Balaban J connectivity index is 1.39. The molecular formula is C32H37N5O3S. The maximum absolute atomic E-state index is 14.3. The van der Waals surface area contributed by atoms with E-state index in [9.17, 15) is 9.59 Å². The monoisotopic (exact) mass is 571 g/mol. The number of ketones is 1. The zero-order valence-electron chi connectivity index (χ0n) is 23.6. The van der Waals surface area contributed by atoms with Crippen LogP contribution in [-0.2, 0) is 15.1 Å². The number of para-hydroxylation sites is 1. The van der Waals surface area contributed by atoms with Gasteiger partial charge in [-0.25, -0.2) is 0 Å². The molecule has 8 nitrogen and oxygen atoms in total. The lowest BCUT2D eigenvalue weighted by Gasteiger charge is -2.42. The zero-order valence-corrected chi connectivity index (χ0v) is 24.5. The number of benzene rings is 3. The van der Waals surface area contributed by atoms with Crippen molar-refractivity contribution in [1.82, 2.24) is 10.2 Å². The summed E-state index contributed by atoms with van der Waals surface area (Å²) in [6.07, 6.45) is 1.96. The maximum atomic E-state index is 14.3. The summed E-state index contributed by atoms with van der Waals surface area (Å²) in [5.74, 6) is 0.490. The van der Waals surface area contributed by atoms with E-state index in [1.807, 2.05) is 62.4 Å². The van der Waals surface area contributed by atoms with Crippen molar-refractivity contribution in [3.8, 4) is 11.5 Å². The van der Waals surface area contributed by atoms with E-state index >= 15 is 0 Å². The van der Waals surface area contributed by atoms with Crippen molar-refractivity contribution in [2.45, 2.75) is 60.4 Å². The van der Waals surface area contributed by atoms with E-state index in [0.717, 1.165) is 53.3 Å². The van der Waals surface area contributed by atoms with Crippen LogP contribution in [0.5, 0.6) is 11.5 Å². The van der Waals surface area contributed by atoms with Gasteiger partial charge in [0.1, 0.15) is 17.0 Å². The standard InChI is InChI=1S/C32H37N5O3S/c1-17-18(2)24(40-20-9-5-4-6-10-20)14-12-21(17)32(35)22-11-13-23(33)28-25(22)26(27(34)30(32)38)29(41-28)31(39)36-19-8-7-15-37(3)16-19/h4-6,9-14,19,26-27,29H,7-8,15-16,33-35H2,1-3H3,(H,36,39). The summed E-state index contributed by atoms with van der Waals surface area (Å²) in [6.45, 7) is 5.73. The summed E-state index contributed by atoms with van der Waals surface area (Å²) < 4.78 is 6.14.